The SMILES string of the molecule is CCOCCOc1ccc(C2(c3ccc(OCCOCC)cc3)c3cc(C(C)(C)CC)ccc3-c3ccc(C(C)(C)C(C=N)[C@H]4C=C[C@@H]4[C@H](C)[C@H](C)[C@@](C)(NC)c4ccc(C(C)C)cc4)cc32)cc1. The van der Waals surface area contributed by atoms with Crippen molar-refractivity contribution in [1.29, 1.82) is 5.41 Å². The molecule has 6 heteroatoms. The number of ether oxygens (including phenoxy) is 4. The maximum atomic E-state index is 9.20. The second kappa shape index (κ2) is 21.5. The van der Waals surface area contributed by atoms with Crippen LogP contribution in [-0.2, 0) is 31.3 Å². The molecule has 0 saturated carbocycles. The molecule has 6 atom stereocenters. The van der Waals surface area contributed by atoms with Gasteiger partial charge in [0, 0.05) is 24.7 Å². The van der Waals surface area contributed by atoms with E-state index < -0.39 is 5.41 Å². The molecular weight excluding hydrogens is 849 g/mol. The molecular formula is C63H82N2O4. The van der Waals surface area contributed by atoms with Crippen LogP contribution in [-0.4, -0.2) is 52.9 Å². The van der Waals surface area contributed by atoms with Crippen molar-refractivity contribution in [2.75, 3.05) is 46.7 Å². The minimum absolute atomic E-state index is 0.0252. The van der Waals surface area contributed by atoms with Gasteiger partial charge in [-0.2, -0.15) is 0 Å². The number of nitrogens with one attached hydrogen (secondary N) is 2. The molecule has 0 spiro atoms. The first kappa shape index (κ1) is 51.8. The van der Waals surface area contributed by atoms with E-state index in [0.717, 1.165) is 17.9 Å². The molecule has 0 bridgehead atoms. The van der Waals surface area contributed by atoms with Crippen LogP contribution in [0.5, 0.6) is 11.5 Å². The van der Waals surface area contributed by atoms with Crippen molar-refractivity contribution in [3.8, 4) is 22.6 Å². The van der Waals surface area contributed by atoms with Crippen LogP contribution in [0, 0.1) is 35.0 Å². The lowest BCUT2D eigenvalue weighted by atomic mass is 9.56. The predicted molar refractivity (Wildman–Crippen MR) is 288 cm³/mol. The van der Waals surface area contributed by atoms with Crippen LogP contribution in [0.4, 0.5) is 0 Å². The first-order valence-electron chi connectivity index (χ1n) is 25.9. The Balaban J connectivity index is 1.33. The summed E-state index contributed by atoms with van der Waals surface area (Å²) in [5.74, 6) is 3.34. The first-order valence-corrected chi connectivity index (χ1v) is 25.9. The lowest BCUT2D eigenvalue weighted by Crippen LogP contribution is -2.49. The quantitative estimate of drug-likeness (QED) is 0.0359. The minimum atomic E-state index is -0.668. The van der Waals surface area contributed by atoms with E-state index in [9.17, 15) is 5.41 Å². The Morgan fingerprint density at radius 3 is 1.52 bits per heavy atom. The van der Waals surface area contributed by atoms with Gasteiger partial charge in [0.15, 0.2) is 0 Å². The molecule has 0 heterocycles. The highest BCUT2D eigenvalue weighted by Crippen LogP contribution is 2.59. The monoisotopic (exact) mass is 931 g/mol. The van der Waals surface area contributed by atoms with Gasteiger partial charge in [0.1, 0.15) is 24.7 Å². The van der Waals surface area contributed by atoms with Crippen molar-refractivity contribution in [2.45, 2.75) is 117 Å². The lowest BCUT2D eigenvalue weighted by molar-refractivity contribution is 0.110. The largest absolute Gasteiger partial charge is 0.491 e. The van der Waals surface area contributed by atoms with Gasteiger partial charge in [-0.15, -0.1) is 0 Å². The van der Waals surface area contributed by atoms with E-state index in [4.69, 9.17) is 18.9 Å². The van der Waals surface area contributed by atoms with E-state index in [2.05, 4.69) is 203 Å². The molecule has 0 aliphatic heterocycles. The van der Waals surface area contributed by atoms with Gasteiger partial charge in [0.2, 0.25) is 0 Å². The normalized spacial score (nSPS) is 18.4. The Morgan fingerprint density at radius 2 is 1.09 bits per heavy atom. The molecule has 2 aliphatic carbocycles. The third-order valence-electron chi connectivity index (χ3n) is 17.0. The molecule has 5 aromatic rings. The summed E-state index contributed by atoms with van der Waals surface area (Å²) >= 11 is 0. The van der Waals surface area contributed by atoms with Gasteiger partial charge in [-0.1, -0.05) is 159 Å². The molecule has 2 aliphatic rings. The zero-order valence-corrected chi connectivity index (χ0v) is 44.2. The molecule has 7 rings (SSSR count). The van der Waals surface area contributed by atoms with Gasteiger partial charge in [0.05, 0.1) is 18.6 Å². The van der Waals surface area contributed by atoms with Crippen molar-refractivity contribution in [1.82, 2.24) is 5.32 Å². The Bertz CT molecular complexity index is 2460. The van der Waals surface area contributed by atoms with E-state index in [-0.39, 0.29) is 28.2 Å². The van der Waals surface area contributed by atoms with Crippen LogP contribution in [0.15, 0.2) is 121 Å². The fourth-order valence-corrected chi connectivity index (χ4v) is 11.4. The summed E-state index contributed by atoms with van der Waals surface area (Å²) in [6.07, 6.45) is 7.58. The molecule has 0 radical (unpaired) electrons. The number of benzene rings is 5. The third kappa shape index (κ3) is 9.88. The summed E-state index contributed by atoms with van der Waals surface area (Å²) in [6.45, 7) is 30.9. The summed E-state index contributed by atoms with van der Waals surface area (Å²) in [5, 5.41) is 13.0. The summed E-state index contributed by atoms with van der Waals surface area (Å²) in [4.78, 5) is 0. The van der Waals surface area contributed by atoms with E-state index in [1.807, 2.05) is 13.8 Å². The van der Waals surface area contributed by atoms with Crippen LogP contribution in [0.2, 0.25) is 0 Å². The fourth-order valence-electron chi connectivity index (χ4n) is 11.4. The van der Waals surface area contributed by atoms with Crippen LogP contribution in [0.1, 0.15) is 140 Å². The molecule has 0 saturated heterocycles. The number of fused-ring (bicyclic) bond motifs is 3. The number of allylic oxidation sites excluding steroid dienone is 2. The second-order valence-electron chi connectivity index (χ2n) is 21.5. The van der Waals surface area contributed by atoms with Crippen molar-refractivity contribution in [3.05, 3.63) is 166 Å². The Kier molecular flexibility index (Phi) is 16.2. The third-order valence-corrected chi connectivity index (χ3v) is 17.0. The molecule has 0 aromatic heterocycles. The lowest BCUT2D eigenvalue weighted by Gasteiger charge is -2.49. The van der Waals surface area contributed by atoms with Crippen molar-refractivity contribution < 1.29 is 18.9 Å². The van der Waals surface area contributed by atoms with Gasteiger partial charge in [-0.05, 0) is 161 Å². The van der Waals surface area contributed by atoms with Gasteiger partial charge in [-0.3, -0.25) is 0 Å². The molecule has 6 nitrogen and oxygen atoms in total. The highest BCUT2D eigenvalue weighted by atomic mass is 16.5. The van der Waals surface area contributed by atoms with Crippen LogP contribution < -0.4 is 14.8 Å². The van der Waals surface area contributed by atoms with E-state index >= 15 is 0 Å². The van der Waals surface area contributed by atoms with Gasteiger partial charge in [0.25, 0.3) is 0 Å². The summed E-state index contributed by atoms with van der Waals surface area (Å²) < 4.78 is 23.6. The number of hydrogen-bond acceptors (Lipinski definition) is 6. The molecule has 5 aromatic carbocycles. The second-order valence-corrected chi connectivity index (χ2v) is 21.5. The van der Waals surface area contributed by atoms with Crippen LogP contribution in [0.3, 0.4) is 0 Å². The van der Waals surface area contributed by atoms with E-state index in [1.54, 1.807) is 6.21 Å². The molecule has 2 N–H and O–H groups in total. The van der Waals surface area contributed by atoms with Crippen molar-refractivity contribution >= 4 is 6.21 Å². The molecule has 0 fully saturated rings. The maximum absolute atomic E-state index is 9.20. The Morgan fingerprint density at radius 1 is 0.609 bits per heavy atom. The van der Waals surface area contributed by atoms with Gasteiger partial charge >= 0.3 is 0 Å². The zero-order chi connectivity index (χ0) is 49.7. The number of rotatable bonds is 24. The van der Waals surface area contributed by atoms with Gasteiger partial charge in [-0.25, -0.2) is 0 Å². The number of hydrogen-bond donors (Lipinski definition) is 2. The zero-order valence-electron chi connectivity index (χ0n) is 44.2. The van der Waals surface area contributed by atoms with E-state index in [1.165, 1.54) is 55.6 Å². The van der Waals surface area contributed by atoms with E-state index in [0.29, 0.717) is 63.3 Å². The van der Waals surface area contributed by atoms with Crippen molar-refractivity contribution in [2.24, 2.45) is 29.6 Å². The smallest absolute Gasteiger partial charge is 0.119 e. The highest BCUT2D eigenvalue weighted by Gasteiger charge is 2.50. The standard InChI is InChI=1S/C63H82N2O4/c1-14-60(8,9)49-25-31-55-56-32-26-50(61(10,11)59(41-64)54-34-33-53(54)43(6)44(7)62(12,65-13)46-19-17-45(18-20-46)42(4)5)40-58(56)63(57(55)39-49,47-21-27-51(28-22-47)68-37-35-66-15-2)48-23-29-52(30-24-48)69-38-36-67-16-3/h17-34,39-44,53-54,59,64-65H,14-16,35-38H2,1-13H3/t43-,44+,53-,54+,59?,62-/m1/s1. The maximum Gasteiger partial charge on any atom is 0.119 e. The minimum Gasteiger partial charge on any atom is -0.491 e. The molecule has 1 unspecified atom stereocenters. The average molecular weight is 931 g/mol. The summed E-state index contributed by atoms with van der Waals surface area (Å²) in [7, 11) is 2.10. The highest BCUT2D eigenvalue weighted by molar-refractivity contribution is 5.87. The molecule has 0 amide bonds. The van der Waals surface area contributed by atoms with Crippen LogP contribution >= 0.6 is 0 Å². The van der Waals surface area contributed by atoms with Crippen LogP contribution in [0.25, 0.3) is 11.1 Å². The Hall–Kier alpha value is -5.01. The Labute approximate surface area is 416 Å². The molecule has 69 heavy (non-hydrogen) atoms. The van der Waals surface area contributed by atoms with Crippen molar-refractivity contribution in [3.63, 3.8) is 0 Å². The topological polar surface area (TPSA) is 72.8 Å². The molecule has 368 valence electrons. The first-order chi connectivity index (χ1) is 33.0. The fraction of sp³-hybridized carbons (Fsp3) is 0.476. The van der Waals surface area contributed by atoms with Gasteiger partial charge < -0.3 is 29.7 Å². The summed E-state index contributed by atoms with van der Waals surface area (Å²) in [5.41, 5.74) is 11.3. The summed E-state index contributed by atoms with van der Waals surface area (Å²) in [6, 6.07) is 41.2. The predicted octanol–water partition coefficient (Wildman–Crippen LogP) is 14.4. The average Bonchev–Trinajstić information content (AvgIpc) is 3.65.